The minimum absolute atomic E-state index is 0.00859. The fourth-order valence-electron chi connectivity index (χ4n) is 2.58. The molecule has 0 amide bonds. The van der Waals surface area contributed by atoms with Crippen LogP contribution < -0.4 is 0 Å². The molecule has 0 N–H and O–H groups in total. The number of rotatable bonds is 15. The Morgan fingerprint density at radius 3 is 1.48 bits per heavy atom. The largest absolute Gasteiger partial charge is 0.520 e. The van der Waals surface area contributed by atoms with Gasteiger partial charge < -0.3 is 4.43 Å². The van der Waals surface area contributed by atoms with Crippen LogP contribution >= 0.6 is 0 Å². The maximum atomic E-state index is 11.6. The Balaban J connectivity index is 3.22. The average molecular weight is 343 g/mol. The molecule has 0 radical (unpaired) electrons. The van der Waals surface area contributed by atoms with E-state index in [0.717, 1.165) is 25.7 Å². The predicted molar refractivity (Wildman–Crippen MR) is 100 cm³/mol. The van der Waals surface area contributed by atoms with Crippen LogP contribution in [0, 0.1) is 0 Å². The number of carbonyl (C=O) groups excluding carboxylic acids is 2. The van der Waals surface area contributed by atoms with Gasteiger partial charge in [-0.05, 0) is 32.5 Å². The summed E-state index contributed by atoms with van der Waals surface area (Å²) in [4.78, 5) is 22.7. The normalized spacial score (nSPS) is 11.5. The van der Waals surface area contributed by atoms with E-state index in [-0.39, 0.29) is 5.97 Å². The first kappa shape index (κ1) is 22.4. The van der Waals surface area contributed by atoms with Gasteiger partial charge in [0.2, 0.25) is 8.32 Å². The van der Waals surface area contributed by atoms with Crippen molar-refractivity contribution >= 4 is 20.1 Å². The van der Waals surface area contributed by atoms with Gasteiger partial charge in [-0.2, -0.15) is 0 Å². The van der Waals surface area contributed by atoms with E-state index in [1.807, 2.05) is 26.6 Å². The van der Waals surface area contributed by atoms with Gasteiger partial charge in [0.05, 0.1) is 0 Å². The molecule has 0 heterocycles. The second-order valence-electron chi connectivity index (χ2n) is 7.51. The minimum Gasteiger partial charge on any atom is -0.520 e. The molecule has 0 aromatic carbocycles. The zero-order chi connectivity index (χ0) is 17.6. The summed E-state index contributed by atoms with van der Waals surface area (Å²) in [7, 11) is -1.70. The molecule has 0 aromatic rings. The summed E-state index contributed by atoms with van der Waals surface area (Å²) in [6.45, 7) is 8.09. The smallest absolute Gasteiger partial charge is 0.292 e. The quantitative estimate of drug-likeness (QED) is 0.270. The molecule has 0 saturated heterocycles. The van der Waals surface area contributed by atoms with E-state index in [4.69, 9.17) is 4.43 Å². The van der Waals surface area contributed by atoms with Gasteiger partial charge in [0, 0.05) is 19.3 Å². The van der Waals surface area contributed by atoms with Crippen molar-refractivity contribution in [1.29, 1.82) is 0 Å². The molecule has 0 unspecified atom stereocenters. The van der Waals surface area contributed by atoms with Crippen molar-refractivity contribution < 1.29 is 14.0 Å². The maximum Gasteiger partial charge on any atom is 0.292 e. The van der Waals surface area contributed by atoms with E-state index in [1.165, 1.54) is 44.9 Å². The second-order valence-corrected chi connectivity index (χ2v) is 11.9. The summed E-state index contributed by atoms with van der Waals surface area (Å²) in [5.41, 5.74) is 0. The van der Waals surface area contributed by atoms with Crippen LogP contribution in [-0.4, -0.2) is 20.1 Å². The zero-order valence-corrected chi connectivity index (χ0v) is 16.9. The van der Waals surface area contributed by atoms with Crippen LogP contribution in [-0.2, 0) is 14.0 Å². The average Bonchev–Trinajstić information content (AvgIpc) is 2.46. The third-order valence-corrected chi connectivity index (χ3v) is 4.74. The van der Waals surface area contributed by atoms with Gasteiger partial charge in [0.1, 0.15) is 5.78 Å². The Hall–Kier alpha value is -0.643. The van der Waals surface area contributed by atoms with Crippen LogP contribution in [0.1, 0.15) is 90.4 Å². The predicted octanol–water partition coefficient (Wildman–Crippen LogP) is 6.02. The summed E-state index contributed by atoms with van der Waals surface area (Å²) in [6, 6.07) is 0. The van der Waals surface area contributed by atoms with Crippen molar-refractivity contribution in [3.05, 3.63) is 0 Å². The molecule has 0 bridgehead atoms. The highest BCUT2D eigenvalue weighted by atomic mass is 28.4. The first-order valence-corrected chi connectivity index (χ1v) is 13.0. The molecule has 23 heavy (non-hydrogen) atoms. The first-order valence-electron chi connectivity index (χ1n) is 9.58. The minimum atomic E-state index is -1.70. The molecule has 0 atom stereocenters. The fourth-order valence-corrected chi connectivity index (χ4v) is 3.36. The molecule has 0 fully saturated rings. The first-order chi connectivity index (χ1) is 10.8. The van der Waals surface area contributed by atoms with Crippen molar-refractivity contribution in [2.75, 3.05) is 0 Å². The van der Waals surface area contributed by atoms with Crippen molar-refractivity contribution in [1.82, 2.24) is 0 Å². The highest BCUT2D eigenvalue weighted by Gasteiger charge is 2.19. The summed E-state index contributed by atoms with van der Waals surface area (Å²) in [5.74, 6) is 0.393. The summed E-state index contributed by atoms with van der Waals surface area (Å²) in [5, 5.41) is 0. The molecular weight excluding hydrogens is 304 g/mol. The van der Waals surface area contributed by atoms with Gasteiger partial charge in [-0.1, -0.05) is 58.3 Å². The standard InChI is InChI=1S/C19H38O3Si/c1-5-18(20)16-14-12-10-8-6-7-9-11-13-15-17-19(21)22-23(2,3)4/h5-17H2,1-4H3. The fraction of sp³-hybridized carbons (Fsp3) is 0.895. The van der Waals surface area contributed by atoms with Crippen LogP contribution in [0.4, 0.5) is 0 Å². The lowest BCUT2D eigenvalue weighted by Crippen LogP contribution is -2.28. The summed E-state index contributed by atoms with van der Waals surface area (Å²) < 4.78 is 5.43. The molecule has 3 nitrogen and oxygen atoms in total. The molecule has 136 valence electrons. The highest BCUT2D eigenvalue weighted by molar-refractivity contribution is 6.71. The Bertz CT molecular complexity index is 321. The maximum absolute atomic E-state index is 11.6. The Kier molecular flexibility index (Phi) is 13.4. The zero-order valence-electron chi connectivity index (χ0n) is 15.9. The van der Waals surface area contributed by atoms with Gasteiger partial charge >= 0.3 is 0 Å². The van der Waals surface area contributed by atoms with Crippen LogP contribution in [0.3, 0.4) is 0 Å². The van der Waals surface area contributed by atoms with E-state index >= 15 is 0 Å². The van der Waals surface area contributed by atoms with Crippen molar-refractivity contribution in [2.45, 2.75) is 110 Å². The van der Waals surface area contributed by atoms with Gasteiger partial charge in [-0.3, -0.25) is 9.59 Å². The summed E-state index contributed by atoms with van der Waals surface area (Å²) in [6.07, 6.45) is 14.1. The number of unbranched alkanes of at least 4 members (excludes halogenated alkanes) is 9. The third-order valence-electron chi connectivity index (χ3n) is 3.90. The van der Waals surface area contributed by atoms with E-state index in [9.17, 15) is 9.59 Å². The monoisotopic (exact) mass is 342 g/mol. The number of hydrogen-bond acceptors (Lipinski definition) is 3. The lowest BCUT2D eigenvalue weighted by atomic mass is 10.0. The lowest BCUT2D eigenvalue weighted by Gasteiger charge is -2.17. The number of hydrogen-bond donors (Lipinski definition) is 0. The van der Waals surface area contributed by atoms with Crippen LogP contribution in [0.2, 0.25) is 19.6 Å². The van der Waals surface area contributed by atoms with Crippen molar-refractivity contribution in [3.63, 3.8) is 0 Å². The highest BCUT2D eigenvalue weighted by Crippen LogP contribution is 2.13. The number of carbonyl (C=O) groups is 2. The molecular formula is C19H38O3Si. The molecule has 0 spiro atoms. The van der Waals surface area contributed by atoms with Gasteiger partial charge in [-0.25, -0.2) is 0 Å². The van der Waals surface area contributed by atoms with E-state index in [0.29, 0.717) is 18.6 Å². The second kappa shape index (κ2) is 13.8. The van der Waals surface area contributed by atoms with E-state index < -0.39 is 8.32 Å². The van der Waals surface area contributed by atoms with Crippen LogP contribution in [0.25, 0.3) is 0 Å². The molecule has 0 aliphatic carbocycles. The van der Waals surface area contributed by atoms with E-state index in [2.05, 4.69) is 0 Å². The summed E-state index contributed by atoms with van der Waals surface area (Å²) >= 11 is 0. The van der Waals surface area contributed by atoms with Gasteiger partial charge in [0.25, 0.3) is 5.97 Å². The van der Waals surface area contributed by atoms with Crippen molar-refractivity contribution in [3.8, 4) is 0 Å². The van der Waals surface area contributed by atoms with Gasteiger partial charge in [0.15, 0.2) is 0 Å². The van der Waals surface area contributed by atoms with Crippen LogP contribution in [0.5, 0.6) is 0 Å². The third kappa shape index (κ3) is 17.5. The molecule has 4 heteroatoms. The van der Waals surface area contributed by atoms with E-state index in [1.54, 1.807) is 0 Å². The van der Waals surface area contributed by atoms with Crippen LogP contribution in [0.15, 0.2) is 0 Å². The molecule has 0 aromatic heterocycles. The Labute approximate surface area is 144 Å². The van der Waals surface area contributed by atoms with Gasteiger partial charge in [-0.15, -0.1) is 0 Å². The van der Waals surface area contributed by atoms with Crippen molar-refractivity contribution in [2.24, 2.45) is 0 Å². The topological polar surface area (TPSA) is 43.4 Å². The molecule has 0 rings (SSSR count). The molecule has 0 saturated carbocycles. The number of Topliss-reactive ketones (excluding diaryl/α,β-unsaturated/α-hetero) is 1. The Morgan fingerprint density at radius 1 is 0.696 bits per heavy atom. The SMILES string of the molecule is CCC(=O)CCCCCCCCCCCCC(=O)O[Si](C)(C)C. The molecule has 0 aliphatic heterocycles. The molecule has 0 aliphatic rings. The Morgan fingerprint density at radius 2 is 1.09 bits per heavy atom. The number of ketones is 1. The lowest BCUT2D eigenvalue weighted by molar-refractivity contribution is -0.135.